The molecule has 1 saturated carbocycles. The summed E-state index contributed by atoms with van der Waals surface area (Å²) in [6.45, 7) is 4.08. The van der Waals surface area contributed by atoms with Gasteiger partial charge in [-0.15, -0.1) is 0 Å². The minimum atomic E-state index is -3.36. The summed E-state index contributed by atoms with van der Waals surface area (Å²) in [5.41, 5.74) is -0.309. The van der Waals surface area contributed by atoms with E-state index in [0.717, 1.165) is 44.9 Å². The van der Waals surface area contributed by atoms with E-state index in [1.54, 1.807) is 0 Å². The van der Waals surface area contributed by atoms with Crippen molar-refractivity contribution in [3.8, 4) is 0 Å². The SMILES string of the molecule is CCCCP(=O)(O)OC1(CC)CCCCC1. The molecule has 1 rings (SSSR count). The zero-order valence-corrected chi connectivity index (χ0v) is 11.5. The van der Waals surface area contributed by atoms with Gasteiger partial charge in [0, 0.05) is 6.16 Å². The van der Waals surface area contributed by atoms with Crippen molar-refractivity contribution in [1.82, 2.24) is 0 Å². The zero-order chi connectivity index (χ0) is 12.1. The molecule has 0 bridgehead atoms. The molecule has 1 N–H and O–H groups in total. The lowest BCUT2D eigenvalue weighted by Crippen LogP contribution is -2.33. The Kier molecular flexibility index (Phi) is 5.49. The van der Waals surface area contributed by atoms with Crippen molar-refractivity contribution < 1.29 is 14.0 Å². The van der Waals surface area contributed by atoms with Crippen molar-refractivity contribution >= 4 is 7.60 Å². The van der Waals surface area contributed by atoms with Gasteiger partial charge in [0.05, 0.1) is 5.60 Å². The minimum Gasteiger partial charge on any atom is -0.324 e. The number of hydrogen-bond donors (Lipinski definition) is 1. The quantitative estimate of drug-likeness (QED) is 0.720. The van der Waals surface area contributed by atoms with Crippen LogP contribution in [-0.2, 0) is 9.09 Å². The van der Waals surface area contributed by atoms with Gasteiger partial charge in [-0.25, -0.2) is 0 Å². The molecule has 16 heavy (non-hydrogen) atoms. The Hall–Kier alpha value is 0.150. The first-order valence-electron chi connectivity index (χ1n) is 6.56. The van der Waals surface area contributed by atoms with Crippen molar-refractivity contribution in [3.63, 3.8) is 0 Å². The van der Waals surface area contributed by atoms with Gasteiger partial charge in [-0.3, -0.25) is 4.57 Å². The van der Waals surface area contributed by atoms with Crippen LogP contribution < -0.4 is 0 Å². The van der Waals surface area contributed by atoms with E-state index >= 15 is 0 Å². The summed E-state index contributed by atoms with van der Waals surface area (Å²) in [4.78, 5) is 9.83. The highest BCUT2D eigenvalue weighted by Crippen LogP contribution is 2.51. The van der Waals surface area contributed by atoms with Gasteiger partial charge in [0.15, 0.2) is 0 Å². The van der Waals surface area contributed by atoms with Crippen LogP contribution in [0.5, 0.6) is 0 Å². The van der Waals surface area contributed by atoms with Gasteiger partial charge in [0.2, 0.25) is 0 Å². The summed E-state index contributed by atoms with van der Waals surface area (Å²) in [7, 11) is -3.36. The molecule has 0 spiro atoms. The van der Waals surface area contributed by atoms with E-state index in [-0.39, 0.29) is 5.60 Å². The molecule has 4 heteroatoms. The summed E-state index contributed by atoms with van der Waals surface area (Å²) < 4.78 is 17.6. The second-order valence-corrected chi connectivity index (χ2v) is 6.81. The molecule has 1 fully saturated rings. The predicted molar refractivity (Wildman–Crippen MR) is 66.8 cm³/mol. The monoisotopic (exact) mass is 248 g/mol. The van der Waals surface area contributed by atoms with Gasteiger partial charge < -0.3 is 9.42 Å². The molecule has 0 amide bonds. The van der Waals surface area contributed by atoms with E-state index in [1.165, 1.54) is 6.42 Å². The summed E-state index contributed by atoms with van der Waals surface area (Å²) in [6.07, 6.45) is 8.24. The van der Waals surface area contributed by atoms with Crippen molar-refractivity contribution in [2.75, 3.05) is 6.16 Å². The van der Waals surface area contributed by atoms with E-state index in [2.05, 4.69) is 6.92 Å². The van der Waals surface area contributed by atoms with Gasteiger partial charge in [-0.2, -0.15) is 0 Å². The fraction of sp³-hybridized carbons (Fsp3) is 1.00. The van der Waals surface area contributed by atoms with Gasteiger partial charge in [0.1, 0.15) is 0 Å². The number of unbranched alkanes of at least 4 members (excludes halogenated alkanes) is 1. The maximum Gasteiger partial charge on any atom is 0.328 e. The van der Waals surface area contributed by atoms with Crippen LogP contribution in [-0.4, -0.2) is 16.7 Å². The van der Waals surface area contributed by atoms with E-state index in [1.807, 2.05) is 6.92 Å². The average Bonchev–Trinajstić information content (AvgIpc) is 2.27. The number of rotatable bonds is 6. The van der Waals surface area contributed by atoms with Crippen molar-refractivity contribution in [2.24, 2.45) is 0 Å². The van der Waals surface area contributed by atoms with Crippen LogP contribution >= 0.6 is 7.60 Å². The van der Waals surface area contributed by atoms with Crippen LogP contribution in [0.25, 0.3) is 0 Å². The van der Waals surface area contributed by atoms with Crippen LogP contribution in [0.4, 0.5) is 0 Å². The lowest BCUT2D eigenvalue weighted by atomic mass is 9.83. The normalized spacial score (nSPS) is 23.9. The summed E-state index contributed by atoms with van der Waals surface area (Å²) >= 11 is 0. The second-order valence-electron chi connectivity index (χ2n) is 4.90. The molecule has 0 heterocycles. The largest absolute Gasteiger partial charge is 0.328 e. The summed E-state index contributed by atoms with van der Waals surface area (Å²) in [5.74, 6) is 0. The van der Waals surface area contributed by atoms with Crippen LogP contribution in [0, 0.1) is 0 Å². The molecule has 96 valence electrons. The van der Waals surface area contributed by atoms with E-state index in [4.69, 9.17) is 4.52 Å². The smallest absolute Gasteiger partial charge is 0.324 e. The Morgan fingerprint density at radius 3 is 2.38 bits per heavy atom. The van der Waals surface area contributed by atoms with E-state index in [9.17, 15) is 9.46 Å². The highest BCUT2D eigenvalue weighted by molar-refractivity contribution is 7.52. The topological polar surface area (TPSA) is 46.5 Å². The van der Waals surface area contributed by atoms with Gasteiger partial charge in [-0.1, -0.05) is 39.5 Å². The molecule has 0 aromatic heterocycles. The molecular weight excluding hydrogens is 223 g/mol. The second kappa shape index (κ2) is 6.18. The molecular formula is C12H25O3P. The van der Waals surface area contributed by atoms with Gasteiger partial charge in [0.25, 0.3) is 0 Å². The van der Waals surface area contributed by atoms with Crippen LogP contribution in [0.1, 0.15) is 65.2 Å². The first kappa shape index (κ1) is 14.2. The van der Waals surface area contributed by atoms with Gasteiger partial charge in [-0.05, 0) is 25.7 Å². The Morgan fingerprint density at radius 1 is 1.25 bits per heavy atom. The fourth-order valence-electron chi connectivity index (χ4n) is 2.41. The molecule has 1 aliphatic carbocycles. The molecule has 0 aliphatic heterocycles. The Balaban J connectivity index is 2.57. The summed E-state index contributed by atoms with van der Waals surface area (Å²) in [5, 5.41) is 0. The molecule has 0 aromatic carbocycles. The average molecular weight is 248 g/mol. The van der Waals surface area contributed by atoms with Crippen LogP contribution in [0.15, 0.2) is 0 Å². The van der Waals surface area contributed by atoms with Crippen molar-refractivity contribution in [3.05, 3.63) is 0 Å². The minimum absolute atomic E-state index is 0.309. The Bertz CT molecular complexity index is 247. The first-order valence-corrected chi connectivity index (χ1v) is 8.32. The third-order valence-electron chi connectivity index (χ3n) is 3.54. The maximum absolute atomic E-state index is 11.9. The number of hydrogen-bond acceptors (Lipinski definition) is 2. The van der Waals surface area contributed by atoms with Crippen molar-refractivity contribution in [1.29, 1.82) is 0 Å². The Labute approximate surface area is 99.1 Å². The zero-order valence-electron chi connectivity index (χ0n) is 10.6. The standard InChI is InChI=1S/C12H25O3P/c1-3-5-11-16(13,14)15-12(4-2)9-7-6-8-10-12/h3-11H2,1-2H3,(H,13,14). The third kappa shape index (κ3) is 4.20. The molecule has 0 aromatic rings. The summed E-state index contributed by atoms with van der Waals surface area (Å²) in [6, 6.07) is 0. The maximum atomic E-state index is 11.9. The predicted octanol–water partition coefficient (Wildman–Crippen LogP) is 4.10. The Morgan fingerprint density at radius 2 is 1.88 bits per heavy atom. The van der Waals surface area contributed by atoms with Gasteiger partial charge >= 0.3 is 7.60 Å². The van der Waals surface area contributed by atoms with Crippen molar-refractivity contribution in [2.45, 2.75) is 70.8 Å². The van der Waals surface area contributed by atoms with Crippen LogP contribution in [0.3, 0.4) is 0 Å². The van der Waals surface area contributed by atoms with E-state index < -0.39 is 7.60 Å². The lowest BCUT2D eigenvalue weighted by molar-refractivity contribution is 0.0166. The van der Waals surface area contributed by atoms with Crippen LogP contribution in [0.2, 0.25) is 0 Å². The fourth-order valence-corrected chi connectivity index (χ4v) is 4.14. The molecule has 0 radical (unpaired) electrons. The highest BCUT2D eigenvalue weighted by atomic mass is 31.2. The lowest BCUT2D eigenvalue weighted by Gasteiger charge is -2.37. The molecule has 1 atom stereocenters. The molecule has 1 aliphatic rings. The van der Waals surface area contributed by atoms with E-state index in [0.29, 0.717) is 6.16 Å². The third-order valence-corrected chi connectivity index (χ3v) is 5.09. The molecule has 3 nitrogen and oxygen atoms in total. The molecule has 0 saturated heterocycles. The molecule has 1 unspecified atom stereocenters. The first-order chi connectivity index (χ1) is 7.54. The highest BCUT2D eigenvalue weighted by Gasteiger charge is 2.37.